The van der Waals surface area contributed by atoms with Gasteiger partial charge in [-0.15, -0.1) is 5.10 Å². The molecule has 1 aromatic rings. The molecule has 0 aliphatic heterocycles. The van der Waals surface area contributed by atoms with Gasteiger partial charge in [0.1, 0.15) is 0 Å². The molecule has 9 heteroatoms. The fraction of sp³-hybridized carbons (Fsp3) is 0.400. The molecule has 0 aromatic carbocycles. The fourth-order valence-corrected chi connectivity index (χ4v) is 1.30. The Hall–Kier alpha value is -1.64. The van der Waals surface area contributed by atoms with Crippen LogP contribution in [-0.2, 0) is 11.8 Å². The van der Waals surface area contributed by atoms with Crippen LogP contribution in [-0.4, -0.2) is 37.9 Å². The molecule has 1 rings (SSSR count). The smallest absolute Gasteiger partial charge is 0.318 e. The highest BCUT2D eigenvalue weighted by molar-refractivity contribution is 7.99. The van der Waals surface area contributed by atoms with Gasteiger partial charge in [-0.3, -0.25) is 10.1 Å². The van der Waals surface area contributed by atoms with Crippen molar-refractivity contribution in [3.05, 3.63) is 0 Å². The number of primary amides is 1. The molecular formula is C5H8N6O2S. The molecule has 1 aromatic heterocycles. The molecule has 0 atom stereocenters. The molecule has 76 valence electrons. The van der Waals surface area contributed by atoms with Gasteiger partial charge >= 0.3 is 6.03 Å². The van der Waals surface area contributed by atoms with Crippen LogP contribution in [0.4, 0.5) is 4.79 Å². The number of carbonyl (C=O) groups is 2. The first-order chi connectivity index (χ1) is 6.59. The number of aromatic nitrogens is 4. The van der Waals surface area contributed by atoms with Gasteiger partial charge in [0, 0.05) is 7.05 Å². The van der Waals surface area contributed by atoms with Gasteiger partial charge in [-0.1, -0.05) is 11.8 Å². The fourth-order valence-electron chi connectivity index (χ4n) is 0.647. The maximum Gasteiger partial charge on any atom is 0.318 e. The molecule has 14 heavy (non-hydrogen) atoms. The number of nitrogens with one attached hydrogen (secondary N) is 1. The van der Waals surface area contributed by atoms with Crippen LogP contribution >= 0.6 is 11.8 Å². The van der Waals surface area contributed by atoms with E-state index in [1.165, 1.54) is 4.68 Å². The molecule has 0 bridgehead atoms. The number of amides is 3. The zero-order chi connectivity index (χ0) is 10.6. The van der Waals surface area contributed by atoms with Crippen molar-refractivity contribution >= 4 is 23.7 Å². The number of urea groups is 1. The van der Waals surface area contributed by atoms with Crippen molar-refractivity contribution in [2.45, 2.75) is 5.16 Å². The molecule has 0 saturated heterocycles. The van der Waals surface area contributed by atoms with Crippen LogP contribution in [0.1, 0.15) is 0 Å². The van der Waals surface area contributed by atoms with Crippen molar-refractivity contribution in [3.63, 3.8) is 0 Å². The highest BCUT2D eigenvalue weighted by Gasteiger charge is 2.08. The van der Waals surface area contributed by atoms with Gasteiger partial charge in [0.05, 0.1) is 5.75 Å². The number of hydrogen-bond acceptors (Lipinski definition) is 6. The summed E-state index contributed by atoms with van der Waals surface area (Å²) in [5, 5.41) is 13.0. The molecule has 3 amide bonds. The largest absolute Gasteiger partial charge is 0.351 e. The number of aryl methyl sites for hydroxylation is 1. The molecule has 0 aliphatic rings. The Kier molecular flexibility index (Phi) is 3.40. The minimum Gasteiger partial charge on any atom is -0.351 e. The van der Waals surface area contributed by atoms with E-state index in [0.29, 0.717) is 5.16 Å². The Morgan fingerprint density at radius 1 is 1.64 bits per heavy atom. The second-order valence-electron chi connectivity index (χ2n) is 2.29. The summed E-state index contributed by atoms with van der Waals surface area (Å²) < 4.78 is 1.42. The van der Waals surface area contributed by atoms with Crippen LogP contribution < -0.4 is 11.1 Å². The monoisotopic (exact) mass is 216 g/mol. The molecule has 0 aliphatic carbocycles. The summed E-state index contributed by atoms with van der Waals surface area (Å²) in [5.74, 6) is -0.442. The van der Waals surface area contributed by atoms with Gasteiger partial charge in [-0.05, 0) is 10.4 Å². The second kappa shape index (κ2) is 4.56. The third-order valence-corrected chi connectivity index (χ3v) is 2.19. The van der Waals surface area contributed by atoms with E-state index in [1.807, 2.05) is 5.32 Å². The van der Waals surface area contributed by atoms with Crippen LogP contribution in [0.15, 0.2) is 5.16 Å². The maximum absolute atomic E-state index is 10.9. The van der Waals surface area contributed by atoms with E-state index in [4.69, 9.17) is 5.73 Å². The summed E-state index contributed by atoms with van der Waals surface area (Å²) in [5.41, 5.74) is 4.75. The molecule has 0 saturated carbocycles. The van der Waals surface area contributed by atoms with Crippen LogP contribution in [0.5, 0.6) is 0 Å². The molecule has 0 unspecified atom stereocenters. The molecule has 0 spiro atoms. The average molecular weight is 216 g/mol. The lowest BCUT2D eigenvalue weighted by molar-refractivity contribution is -0.117. The van der Waals surface area contributed by atoms with E-state index in [-0.39, 0.29) is 5.75 Å². The summed E-state index contributed by atoms with van der Waals surface area (Å²) in [6, 6.07) is -0.869. The van der Waals surface area contributed by atoms with Gasteiger partial charge in [0.2, 0.25) is 11.1 Å². The molecule has 8 nitrogen and oxygen atoms in total. The van der Waals surface area contributed by atoms with Crippen LogP contribution in [0.2, 0.25) is 0 Å². The average Bonchev–Trinajstić information content (AvgIpc) is 2.46. The first-order valence-electron chi connectivity index (χ1n) is 3.54. The van der Waals surface area contributed by atoms with Crippen LogP contribution in [0.25, 0.3) is 0 Å². The first kappa shape index (κ1) is 10.4. The molecule has 1 heterocycles. The van der Waals surface area contributed by atoms with E-state index < -0.39 is 11.9 Å². The normalized spacial score (nSPS) is 9.79. The molecule has 0 radical (unpaired) electrons. The highest BCUT2D eigenvalue weighted by atomic mass is 32.2. The van der Waals surface area contributed by atoms with Gasteiger partial charge in [-0.2, -0.15) is 0 Å². The third kappa shape index (κ3) is 3.01. The Morgan fingerprint density at radius 2 is 2.36 bits per heavy atom. The summed E-state index contributed by atoms with van der Waals surface area (Å²) >= 11 is 1.11. The second-order valence-corrected chi connectivity index (χ2v) is 3.23. The number of rotatable bonds is 3. The van der Waals surface area contributed by atoms with Gasteiger partial charge in [-0.25, -0.2) is 9.48 Å². The number of tetrazole rings is 1. The van der Waals surface area contributed by atoms with Crippen molar-refractivity contribution in [2.75, 3.05) is 5.75 Å². The molecular weight excluding hydrogens is 208 g/mol. The van der Waals surface area contributed by atoms with Gasteiger partial charge in [0.25, 0.3) is 0 Å². The highest BCUT2D eigenvalue weighted by Crippen LogP contribution is 2.10. The Balaban J connectivity index is 2.38. The van der Waals surface area contributed by atoms with Crippen molar-refractivity contribution in [3.8, 4) is 0 Å². The minimum absolute atomic E-state index is 0.0388. The third-order valence-electron chi connectivity index (χ3n) is 1.18. The number of nitrogens with two attached hydrogens (primary N) is 1. The Morgan fingerprint density at radius 3 is 2.86 bits per heavy atom. The first-order valence-corrected chi connectivity index (χ1v) is 4.52. The van der Waals surface area contributed by atoms with E-state index >= 15 is 0 Å². The van der Waals surface area contributed by atoms with E-state index in [1.54, 1.807) is 7.05 Å². The van der Waals surface area contributed by atoms with Crippen LogP contribution in [0, 0.1) is 0 Å². The predicted molar refractivity (Wildman–Crippen MR) is 47.2 cm³/mol. The lowest BCUT2D eigenvalue weighted by Crippen LogP contribution is -2.36. The SMILES string of the molecule is Cn1nnnc1SCC(=O)NC(N)=O. The van der Waals surface area contributed by atoms with Crippen molar-refractivity contribution in [1.82, 2.24) is 25.5 Å². The number of imide groups is 1. The van der Waals surface area contributed by atoms with Gasteiger partial charge < -0.3 is 5.73 Å². The van der Waals surface area contributed by atoms with Crippen molar-refractivity contribution < 1.29 is 9.59 Å². The summed E-state index contributed by atoms with van der Waals surface area (Å²) in [6.07, 6.45) is 0. The van der Waals surface area contributed by atoms with E-state index in [9.17, 15) is 9.59 Å². The lowest BCUT2D eigenvalue weighted by Gasteiger charge is -1.98. The zero-order valence-corrected chi connectivity index (χ0v) is 8.11. The van der Waals surface area contributed by atoms with Crippen LogP contribution in [0.3, 0.4) is 0 Å². The quantitative estimate of drug-likeness (QED) is 0.594. The lowest BCUT2D eigenvalue weighted by atomic mass is 10.7. The summed E-state index contributed by atoms with van der Waals surface area (Å²) in [4.78, 5) is 21.2. The molecule has 3 N–H and O–H groups in total. The summed E-state index contributed by atoms with van der Waals surface area (Å²) in [6.45, 7) is 0. The zero-order valence-electron chi connectivity index (χ0n) is 7.30. The van der Waals surface area contributed by atoms with Gasteiger partial charge in [0.15, 0.2) is 0 Å². The number of nitrogens with zero attached hydrogens (tertiary/aromatic N) is 4. The maximum atomic E-state index is 10.9. The number of hydrogen-bond donors (Lipinski definition) is 2. The predicted octanol–water partition coefficient (Wildman–Crippen LogP) is -1.50. The van der Waals surface area contributed by atoms with Crippen molar-refractivity contribution in [2.24, 2.45) is 12.8 Å². The summed E-state index contributed by atoms with van der Waals surface area (Å²) in [7, 11) is 1.65. The number of thioether (sulfide) groups is 1. The standard InChI is InChI=1S/C5H8N6O2S/c1-11-5(8-9-10-11)14-2-3(12)7-4(6)13/h2H2,1H3,(H3,6,7,12,13). The van der Waals surface area contributed by atoms with Crippen molar-refractivity contribution in [1.29, 1.82) is 0 Å². The minimum atomic E-state index is -0.869. The number of carbonyl (C=O) groups excluding carboxylic acids is 2. The van der Waals surface area contributed by atoms with E-state index in [2.05, 4.69) is 15.5 Å². The Bertz CT molecular complexity index is 350. The Labute approximate surface area is 83.2 Å². The molecule has 0 fully saturated rings. The van der Waals surface area contributed by atoms with E-state index in [0.717, 1.165) is 11.8 Å². The topological polar surface area (TPSA) is 116 Å².